The standard InChI is InChI=1S/C10H11BrN4O.C2H6/c1-16-6-5-15-7-12-14-10(15)8-3-2-4-9(11)13-8;1-2/h2-4,7H,5-6H2,1H3;1-2H3. The van der Waals surface area contributed by atoms with Crippen molar-refractivity contribution in [1.82, 2.24) is 19.7 Å². The van der Waals surface area contributed by atoms with E-state index in [-0.39, 0.29) is 0 Å². The molecule has 0 aliphatic heterocycles. The van der Waals surface area contributed by atoms with E-state index in [9.17, 15) is 0 Å². The highest BCUT2D eigenvalue weighted by Crippen LogP contribution is 2.16. The van der Waals surface area contributed by atoms with Crippen LogP contribution in [0.1, 0.15) is 13.8 Å². The third kappa shape index (κ3) is 3.89. The zero-order chi connectivity index (χ0) is 13.4. The summed E-state index contributed by atoms with van der Waals surface area (Å²) in [5, 5.41) is 7.94. The molecule has 0 aromatic carbocycles. The Morgan fingerprint density at radius 3 is 2.78 bits per heavy atom. The zero-order valence-corrected chi connectivity index (χ0v) is 12.4. The molecule has 0 unspecified atom stereocenters. The molecular weight excluding hydrogens is 296 g/mol. The Morgan fingerprint density at radius 1 is 1.33 bits per heavy atom. The molecule has 0 atom stereocenters. The molecule has 0 fully saturated rings. The summed E-state index contributed by atoms with van der Waals surface area (Å²) in [5.41, 5.74) is 0.794. The summed E-state index contributed by atoms with van der Waals surface area (Å²) >= 11 is 3.33. The Hall–Kier alpha value is -1.27. The van der Waals surface area contributed by atoms with Crippen LogP contribution in [0.25, 0.3) is 11.5 Å². The lowest BCUT2D eigenvalue weighted by molar-refractivity contribution is 0.187. The molecule has 0 aliphatic carbocycles. The minimum atomic E-state index is 0.624. The van der Waals surface area contributed by atoms with Crippen LogP contribution in [-0.4, -0.2) is 33.5 Å². The average Bonchev–Trinajstić information content (AvgIpc) is 2.87. The topological polar surface area (TPSA) is 52.8 Å². The van der Waals surface area contributed by atoms with Gasteiger partial charge in [-0.05, 0) is 28.1 Å². The smallest absolute Gasteiger partial charge is 0.182 e. The molecule has 0 saturated carbocycles. The molecule has 2 heterocycles. The van der Waals surface area contributed by atoms with E-state index in [2.05, 4.69) is 31.1 Å². The molecule has 0 amide bonds. The second-order valence-corrected chi connectivity index (χ2v) is 4.00. The van der Waals surface area contributed by atoms with Crippen molar-refractivity contribution in [2.24, 2.45) is 0 Å². The van der Waals surface area contributed by atoms with E-state index in [1.807, 2.05) is 36.6 Å². The number of nitrogens with zero attached hydrogens (tertiary/aromatic N) is 4. The largest absolute Gasteiger partial charge is 0.383 e. The molecular formula is C12H17BrN4O. The summed E-state index contributed by atoms with van der Waals surface area (Å²) in [6.45, 7) is 5.34. The summed E-state index contributed by atoms with van der Waals surface area (Å²) in [4.78, 5) is 4.34. The highest BCUT2D eigenvalue weighted by Gasteiger charge is 2.08. The Balaban J connectivity index is 0.000000771. The van der Waals surface area contributed by atoms with E-state index in [4.69, 9.17) is 4.74 Å². The SMILES string of the molecule is CC.COCCn1cnnc1-c1cccc(Br)n1. The van der Waals surface area contributed by atoms with Crippen molar-refractivity contribution in [1.29, 1.82) is 0 Å². The summed E-state index contributed by atoms with van der Waals surface area (Å²) in [5.74, 6) is 0.748. The fourth-order valence-electron chi connectivity index (χ4n) is 1.34. The van der Waals surface area contributed by atoms with Crippen molar-refractivity contribution in [2.45, 2.75) is 20.4 Å². The Kier molecular flexibility index (Phi) is 6.53. The number of rotatable bonds is 4. The van der Waals surface area contributed by atoms with Gasteiger partial charge in [0.2, 0.25) is 0 Å². The Morgan fingerprint density at radius 2 is 2.11 bits per heavy atom. The molecule has 0 N–H and O–H groups in total. The fraction of sp³-hybridized carbons (Fsp3) is 0.417. The van der Waals surface area contributed by atoms with Crippen LogP contribution in [0.4, 0.5) is 0 Å². The van der Waals surface area contributed by atoms with Crippen molar-refractivity contribution in [3.8, 4) is 11.5 Å². The highest BCUT2D eigenvalue weighted by molar-refractivity contribution is 9.10. The van der Waals surface area contributed by atoms with Gasteiger partial charge in [0, 0.05) is 13.7 Å². The second-order valence-electron chi connectivity index (χ2n) is 3.19. The van der Waals surface area contributed by atoms with E-state index < -0.39 is 0 Å². The number of hydrogen-bond acceptors (Lipinski definition) is 4. The Labute approximate surface area is 115 Å². The van der Waals surface area contributed by atoms with Crippen molar-refractivity contribution in [3.63, 3.8) is 0 Å². The number of ether oxygens (including phenoxy) is 1. The van der Waals surface area contributed by atoms with Crippen molar-refractivity contribution in [2.75, 3.05) is 13.7 Å². The van der Waals surface area contributed by atoms with E-state index >= 15 is 0 Å². The lowest BCUT2D eigenvalue weighted by atomic mass is 10.3. The van der Waals surface area contributed by atoms with Crippen LogP contribution in [-0.2, 0) is 11.3 Å². The van der Waals surface area contributed by atoms with Gasteiger partial charge in [-0.3, -0.25) is 0 Å². The first-order valence-corrected chi connectivity index (χ1v) is 6.60. The molecule has 0 saturated heterocycles. The van der Waals surface area contributed by atoms with Crippen LogP contribution in [0.3, 0.4) is 0 Å². The monoisotopic (exact) mass is 312 g/mol. The third-order valence-electron chi connectivity index (χ3n) is 2.10. The molecule has 18 heavy (non-hydrogen) atoms. The predicted molar refractivity (Wildman–Crippen MR) is 74.2 cm³/mol. The van der Waals surface area contributed by atoms with Gasteiger partial charge in [-0.25, -0.2) is 4.98 Å². The first-order valence-electron chi connectivity index (χ1n) is 5.81. The normalized spacial score (nSPS) is 9.78. The number of pyridine rings is 1. The number of aromatic nitrogens is 4. The number of methoxy groups -OCH3 is 1. The molecule has 5 nitrogen and oxygen atoms in total. The van der Waals surface area contributed by atoms with E-state index in [1.165, 1.54) is 0 Å². The van der Waals surface area contributed by atoms with E-state index in [0.29, 0.717) is 13.2 Å². The zero-order valence-electron chi connectivity index (χ0n) is 10.8. The molecule has 2 rings (SSSR count). The first kappa shape index (κ1) is 14.8. The second kappa shape index (κ2) is 7.94. The third-order valence-corrected chi connectivity index (χ3v) is 2.54. The maximum absolute atomic E-state index is 5.02. The van der Waals surface area contributed by atoms with Crippen LogP contribution >= 0.6 is 15.9 Å². The minimum Gasteiger partial charge on any atom is -0.383 e. The van der Waals surface area contributed by atoms with Gasteiger partial charge >= 0.3 is 0 Å². The van der Waals surface area contributed by atoms with Crippen molar-refractivity contribution >= 4 is 15.9 Å². The summed E-state index contributed by atoms with van der Waals surface area (Å²) in [6.07, 6.45) is 1.68. The predicted octanol–water partition coefficient (Wildman–Crippen LogP) is 2.78. The van der Waals surface area contributed by atoms with Crippen LogP contribution < -0.4 is 0 Å². The molecule has 0 bridgehead atoms. The first-order chi connectivity index (χ1) is 8.81. The van der Waals surface area contributed by atoms with Gasteiger partial charge in [0.05, 0.1) is 6.61 Å². The summed E-state index contributed by atoms with van der Waals surface area (Å²) in [7, 11) is 1.67. The average molecular weight is 313 g/mol. The van der Waals surface area contributed by atoms with Crippen LogP contribution in [0.5, 0.6) is 0 Å². The van der Waals surface area contributed by atoms with Gasteiger partial charge < -0.3 is 9.30 Å². The van der Waals surface area contributed by atoms with Crippen molar-refractivity contribution in [3.05, 3.63) is 29.1 Å². The maximum atomic E-state index is 5.02. The molecule has 2 aromatic rings. The number of hydrogen-bond donors (Lipinski definition) is 0. The van der Waals surface area contributed by atoms with Crippen LogP contribution in [0.2, 0.25) is 0 Å². The minimum absolute atomic E-state index is 0.624. The van der Waals surface area contributed by atoms with Gasteiger partial charge in [0.1, 0.15) is 16.6 Å². The fourth-order valence-corrected chi connectivity index (χ4v) is 1.68. The molecule has 98 valence electrons. The highest BCUT2D eigenvalue weighted by atomic mass is 79.9. The lowest BCUT2D eigenvalue weighted by Gasteiger charge is -2.05. The van der Waals surface area contributed by atoms with Crippen molar-refractivity contribution < 1.29 is 4.74 Å². The van der Waals surface area contributed by atoms with Crippen LogP contribution in [0, 0.1) is 0 Å². The van der Waals surface area contributed by atoms with E-state index in [1.54, 1.807) is 13.4 Å². The van der Waals surface area contributed by atoms with Gasteiger partial charge in [0.25, 0.3) is 0 Å². The molecule has 0 spiro atoms. The molecule has 0 radical (unpaired) electrons. The van der Waals surface area contributed by atoms with Gasteiger partial charge in [-0.1, -0.05) is 19.9 Å². The molecule has 6 heteroatoms. The van der Waals surface area contributed by atoms with Gasteiger partial charge in [0.15, 0.2) is 5.82 Å². The summed E-state index contributed by atoms with van der Waals surface area (Å²) in [6, 6.07) is 5.69. The van der Waals surface area contributed by atoms with Gasteiger partial charge in [-0.2, -0.15) is 0 Å². The molecule has 2 aromatic heterocycles. The summed E-state index contributed by atoms with van der Waals surface area (Å²) < 4.78 is 7.72. The van der Waals surface area contributed by atoms with E-state index in [0.717, 1.165) is 16.1 Å². The molecule has 0 aliphatic rings. The quantitative estimate of drug-likeness (QED) is 0.815. The van der Waals surface area contributed by atoms with Crippen LogP contribution in [0.15, 0.2) is 29.1 Å². The number of halogens is 1. The lowest BCUT2D eigenvalue weighted by Crippen LogP contribution is -2.05. The Bertz CT molecular complexity index is 473. The van der Waals surface area contributed by atoms with Gasteiger partial charge in [-0.15, -0.1) is 10.2 Å². The maximum Gasteiger partial charge on any atom is 0.182 e.